The van der Waals surface area contributed by atoms with Crippen molar-refractivity contribution >= 4 is 17.7 Å². The fourth-order valence-corrected chi connectivity index (χ4v) is 2.97. The molecule has 0 spiro atoms. The second-order valence-corrected chi connectivity index (χ2v) is 7.12. The average molecular weight is 435 g/mol. The number of halogens is 3. The molecule has 4 N–H and O–H groups in total. The smallest absolute Gasteiger partial charge is 0.368 e. The number of benzene rings is 2. The van der Waals surface area contributed by atoms with E-state index in [0.29, 0.717) is 0 Å². The Balaban J connectivity index is 1.88. The van der Waals surface area contributed by atoms with Crippen LogP contribution in [0.2, 0.25) is 0 Å². The highest BCUT2D eigenvalue weighted by Crippen LogP contribution is 2.29. The second kappa shape index (κ2) is 10.6. The zero-order valence-corrected chi connectivity index (χ0v) is 16.9. The van der Waals surface area contributed by atoms with Gasteiger partial charge in [-0.25, -0.2) is 0 Å². The van der Waals surface area contributed by atoms with Crippen LogP contribution in [0.1, 0.15) is 42.5 Å². The van der Waals surface area contributed by atoms with Gasteiger partial charge in [0.2, 0.25) is 17.7 Å². The lowest BCUT2D eigenvalue weighted by Crippen LogP contribution is -2.46. The van der Waals surface area contributed by atoms with E-state index in [2.05, 4.69) is 10.6 Å². The van der Waals surface area contributed by atoms with Crippen molar-refractivity contribution in [2.24, 2.45) is 5.73 Å². The number of rotatable bonds is 9. The predicted octanol–water partition coefficient (Wildman–Crippen LogP) is 2.88. The Morgan fingerprint density at radius 2 is 1.55 bits per heavy atom. The normalized spacial score (nSPS) is 13.2. The van der Waals surface area contributed by atoms with Gasteiger partial charge in [0, 0.05) is 19.3 Å². The molecule has 3 amide bonds. The Morgan fingerprint density at radius 1 is 0.935 bits per heavy atom. The van der Waals surface area contributed by atoms with E-state index in [1.165, 1.54) is 12.1 Å². The molecule has 0 heterocycles. The van der Waals surface area contributed by atoms with Crippen molar-refractivity contribution in [2.45, 2.75) is 44.4 Å². The van der Waals surface area contributed by atoms with Crippen LogP contribution in [0.15, 0.2) is 54.6 Å². The van der Waals surface area contributed by atoms with Crippen molar-refractivity contribution in [3.63, 3.8) is 0 Å². The van der Waals surface area contributed by atoms with E-state index >= 15 is 0 Å². The molecule has 2 aromatic carbocycles. The van der Waals surface area contributed by atoms with Gasteiger partial charge in [0.15, 0.2) is 0 Å². The van der Waals surface area contributed by atoms with E-state index in [4.69, 9.17) is 5.73 Å². The number of primary amides is 1. The Morgan fingerprint density at radius 3 is 2.13 bits per heavy atom. The molecule has 0 fully saturated rings. The number of alkyl halides is 3. The van der Waals surface area contributed by atoms with Gasteiger partial charge in [-0.15, -0.1) is 0 Å². The molecule has 0 aromatic heterocycles. The largest absolute Gasteiger partial charge is 0.416 e. The number of hydrogen-bond acceptors (Lipinski definition) is 3. The van der Waals surface area contributed by atoms with Gasteiger partial charge in [-0.05, 0) is 24.1 Å². The number of amides is 3. The Kier molecular flexibility index (Phi) is 8.18. The van der Waals surface area contributed by atoms with Crippen LogP contribution in [-0.2, 0) is 27.0 Å². The van der Waals surface area contributed by atoms with Gasteiger partial charge >= 0.3 is 6.18 Å². The third-order valence-electron chi connectivity index (χ3n) is 4.63. The van der Waals surface area contributed by atoms with Crippen LogP contribution in [-0.4, -0.2) is 23.8 Å². The highest BCUT2D eigenvalue weighted by molar-refractivity contribution is 5.88. The third-order valence-corrected chi connectivity index (χ3v) is 4.63. The van der Waals surface area contributed by atoms with Crippen LogP contribution in [0, 0.1) is 0 Å². The van der Waals surface area contributed by atoms with Gasteiger partial charge in [-0.3, -0.25) is 14.4 Å². The first-order chi connectivity index (χ1) is 14.6. The van der Waals surface area contributed by atoms with Crippen molar-refractivity contribution in [2.75, 3.05) is 0 Å². The minimum Gasteiger partial charge on any atom is -0.368 e. The van der Waals surface area contributed by atoms with Crippen LogP contribution in [0.5, 0.6) is 0 Å². The molecule has 0 aliphatic rings. The molecule has 0 radical (unpaired) electrons. The summed E-state index contributed by atoms with van der Waals surface area (Å²) in [5, 5.41) is 5.16. The van der Waals surface area contributed by atoms with Crippen molar-refractivity contribution in [1.82, 2.24) is 10.6 Å². The minimum atomic E-state index is -4.52. The number of carbonyl (C=O) groups excluding carboxylic acids is 3. The summed E-state index contributed by atoms with van der Waals surface area (Å²) in [6.07, 6.45) is -5.02. The minimum absolute atomic E-state index is 0.113. The van der Waals surface area contributed by atoms with E-state index in [1.54, 1.807) is 0 Å². The maximum Gasteiger partial charge on any atom is 0.416 e. The zero-order chi connectivity index (χ0) is 23.0. The highest BCUT2D eigenvalue weighted by Gasteiger charge is 2.30. The van der Waals surface area contributed by atoms with E-state index < -0.39 is 29.6 Å². The summed E-state index contributed by atoms with van der Waals surface area (Å²) in [7, 11) is 0. The molecule has 2 atom stereocenters. The Hall–Kier alpha value is -3.36. The van der Waals surface area contributed by atoms with E-state index in [-0.39, 0.29) is 36.8 Å². The van der Waals surface area contributed by atoms with Crippen LogP contribution >= 0.6 is 0 Å². The van der Waals surface area contributed by atoms with E-state index in [0.717, 1.165) is 17.7 Å². The monoisotopic (exact) mass is 435 g/mol. The van der Waals surface area contributed by atoms with Crippen LogP contribution in [0.4, 0.5) is 13.2 Å². The summed E-state index contributed by atoms with van der Waals surface area (Å²) in [5.74, 6) is -1.83. The molecule has 0 aliphatic heterocycles. The summed E-state index contributed by atoms with van der Waals surface area (Å²) < 4.78 is 38.5. The summed E-state index contributed by atoms with van der Waals surface area (Å²) in [4.78, 5) is 35.9. The number of hydrogen-bond donors (Lipinski definition) is 3. The van der Waals surface area contributed by atoms with E-state index in [1.807, 2.05) is 37.3 Å². The molecule has 2 rings (SSSR count). The first-order valence-electron chi connectivity index (χ1n) is 9.65. The number of nitrogens with two attached hydrogens (primary N) is 1. The molecular weight excluding hydrogens is 411 g/mol. The molecule has 0 unspecified atom stereocenters. The van der Waals surface area contributed by atoms with Gasteiger partial charge in [-0.2, -0.15) is 13.2 Å². The molecule has 0 bridgehead atoms. The standard InChI is InChI=1S/C22H24F3N3O3/c1-14(16-7-3-2-4-8-16)27-19(29)10-11-20(30)28-18(21(26)31)13-15-6-5-9-17(12-15)22(23,24)25/h2-9,12,14,18H,10-11,13H2,1H3,(H2,26,31)(H,27,29)(H,28,30)/t14-,18+/m1/s1. The molecular formula is C22H24F3N3O3. The molecule has 0 saturated heterocycles. The summed E-state index contributed by atoms with van der Waals surface area (Å²) >= 11 is 0. The van der Waals surface area contributed by atoms with Crippen molar-refractivity contribution in [1.29, 1.82) is 0 Å². The van der Waals surface area contributed by atoms with Gasteiger partial charge in [0.1, 0.15) is 6.04 Å². The summed E-state index contributed by atoms with van der Waals surface area (Å²) in [6, 6.07) is 12.3. The van der Waals surface area contributed by atoms with E-state index in [9.17, 15) is 27.6 Å². The quantitative estimate of drug-likeness (QED) is 0.565. The topological polar surface area (TPSA) is 101 Å². The SMILES string of the molecule is C[C@@H](NC(=O)CCC(=O)N[C@@H](Cc1cccc(C(F)(F)F)c1)C(N)=O)c1ccccc1. The molecule has 0 aliphatic carbocycles. The lowest BCUT2D eigenvalue weighted by molar-refractivity contribution is -0.137. The zero-order valence-electron chi connectivity index (χ0n) is 16.9. The molecule has 31 heavy (non-hydrogen) atoms. The average Bonchev–Trinajstić information content (AvgIpc) is 2.72. The Labute approximate surface area is 178 Å². The maximum absolute atomic E-state index is 12.8. The molecule has 166 valence electrons. The third kappa shape index (κ3) is 7.76. The predicted molar refractivity (Wildman–Crippen MR) is 109 cm³/mol. The number of carbonyl (C=O) groups is 3. The molecule has 9 heteroatoms. The summed E-state index contributed by atoms with van der Waals surface area (Å²) in [5.41, 5.74) is 5.54. The van der Waals surface area contributed by atoms with Crippen molar-refractivity contribution < 1.29 is 27.6 Å². The molecule has 6 nitrogen and oxygen atoms in total. The van der Waals surface area contributed by atoms with Gasteiger partial charge < -0.3 is 16.4 Å². The molecule has 0 saturated carbocycles. The van der Waals surface area contributed by atoms with Crippen molar-refractivity contribution in [3.8, 4) is 0 Å². The van der Waals surface area contributed by atoms with Gasteiger partial charge in [-0.1, -0.05) is 48.5 Å². The molecule has 2 aromatic rings. The van der Waals surface area contributed by atoms with Crippen LogP contribution in [0.3, 0.4) is 0 Å². The lowest BCUT2D eigenvalue weighted by Gasteiger charge is -2.17. The number of nitrogens with one attached hydrogen (secondary N) is 2. The van der Waals surface area contributed by atoms with Crippen LogP contribution in [0.25, 0.3) is 0 Å². The first kappa shape index (κ1) is 23.9. The first-order valence-corrected chi connectivity index (χ1v) is 9.65. The van der Waals surface area contributed by atoms with Crippen LogP contribution < -0.4 is 16.4 Å². The van der Waals surface area contributed by atoms with Gasteiger partial charge in [0.25, 0.3) is 0 Å². The highest BCUT2D eigenvalue weighted by atomic mass is 19.4. The van der Waals surface area contributed by atoms with Gasteiger partial charge in [0.05, 0.1) is 11.6 Å². The van der Waals surface area contributed by atoms with Crippen molar-refractivity contribution in [3.05, 3.63) is 71.3 Å². The fourth-order valence-electron chi connectivity index (χ4n) is 2.97. The second-order valence-electron chi connectivity index (χ2n) is 7.12. The summed E-state index contributed by atoms with van der Waals surface area (Å²) in [6.45, 7) is 1.81. The fraction of sp³-hybridized carbons (Fsp3) is 0.318. The lowest BCUT2D eigenvalue weighted by atomic mass is 10.0. The Bertz CT molecular complexity index is 917. The maximum atomic E-state index is 12.8.